The number of carbonyl (C=O) groups is 2. The molecule has 0 aliphatic rings. The summed E-state index contributed by atoms with van der Waals surface area (Å²) in [7, 11) is 1.53. The molecule has 0 radical (unpaired) electrons. The lowest BCUT2D eigenvalue weighted by molar-refractivity contribution is -0.121. The maximum absolute atomic E-state index is 12.2. The Morgan fingerprint density at radius 3 is 2.50 bits per heavy atom. The lowest BCUT2D eigenvalue weighted by Gasteiger charge is -2.09. The molecule has 2 amide bonds. The molecule has 3 rings (SSSR count). The summed E-state index contributed by atoms with van der Waals surface area (Å²) in [5.74, 6) is 0.165. The Bertz CT molecular complexity index is 1060. The van der Waals surface area contributed by atoms with E-state index in [0.717, 1.165) is 0 Å². The van der Waals surface area contributed by atoms with Crippen LogP contribution in [-0.4, -0.2) is 21.6 Å². The molecule has 26 heavy (non-hydrogen) atoms. The minimum absolute atomic E-state index is 0.0850. The zero-order valence-corrected chi connectivity index (χ0v) is 14.6. The fourth-order valence-electron chi connectivity index (χ4n) is 2.75. The number of hydrazine groups is 1. The van der Waals surface area contributed by atoms with Gasteiger partial charge in [-0.2, -0.15) is 5.10 Å². The van der Waals surface area contributed by atoms with Gasteiger partial charge in [-0.25, -0.2) is 4.68 Å². The Labute approximate surface area is 148 Å². The normalized spacial score (nSPS) is 10.7. The van der Waals surface area contributed by atoms with Gasteiger partial charge in [-0.3, -0.25) is 25.2 Å². The molecule has 2 heterocycles. The molecule has 0 atom stereocenters. The van der Waals surface area contributed by atoms with Crippen molar-refractivity contribution in [2.75, 3.05) is 0 Å². The van der Waals surface area contributed by atoms with Crippen LogP contribution in [0.3, 0.4) is 0 Å². The molecule has 134 valence electrons. The molecular weight excluding hydrogens is 336 g/mol. The Balaban J connectivity index is 1.74. The van der Waals surface area contributed by atoms with Gasteiger partial charge in [0.25, 0.3) is 11.5 Å². The molecular formula is C18H18N4O4. The molecule has 0 fully saturated rings. The van der Waals surface area contributed by atoms with Gasteiger partial charge in [0.05, 0.1) is 23.1 Å². The van der Waals surface area contributed by atoms with Crippen LogP contribution in [0.5, 0.6) is 0 Å². The number of nitrogens with zero attached hydrogens (tertiary/aromatic N) is 2. The van der Waals surface area contributed by atoms with Gasteiger partial charge < -0.3 is 4.42 Å². The average molecular weight is 354 g/mol. The van der Waals surface area contributed by atoms with Crippen molar-refractivity contribution in [1.29, 1.82) is 0 Å². The number of hydrogen-bond acceptors (Lipinski definition) is 5. The van der Waals surface area contributed by atoms with E-state index in [1.54, 1.807) is 44.2 Å². The highest BCUT2D eigenvalue weighted by atomic mass is 16.3. The third-order valence-corrected chi connectivity index (χ3v) is 3.96. The number of carbonyl (C=O) groups excluding carboxylic acids is 2. The summed E-state index contributed by atoms with van der Waals surface area (Å²) >= 11 is 0. The van der Waals surface area contributed by atoms with Gasteiger partial charge in [-0.1, -0.05) is 18.2 Å². The molecule has 0 spiro atoms. The first kappa shape index (κ1) is 17.4. The number of aromatic nitrogens is 2. The van der Waals surface area contributed by atoms with Crippen molar-refractivity contribution >= 4 is 22.6 Å². The van der Waals surface area contributed by atoms with Crippen LogP contribution in [0.15, 0.2) is 39.5 Å². The maximum Gasteiger partial charge on any atom is 0.274 e. The molecule has 0 unspecified atom stereocenters. The maximum atomic E-state index is 12.2. The first-order valence-electron chi connectivity index (χ1n) is 7.98. The molecule has 0 saturated heterocycles. The summed E-state index contributed by atoms with van der Waals surface area (Å²) in [5, 5.41) is 5.26. The summed E-state index contributed by atoms with van der Waals surface area (Å²) in [6.07, 6.45) is -0.0850. The topological polar surface area (TPSA) is 106 Å². The van der Waals surface area contributed by atoms with Crippen LogP contribution in [0, 0.1) is 13.8 Å². The number of rotatable bonds is 3. The predicted octanol–water partition coefficient (Wildman–Crippen LogP) is 1.15. The average Bonchev–Trinajstić information content (AvgIpc) is 2.96. The lowest BCUT2D eigenvalue weighted by Crippen LogP contribution is -2.42. The van der Waals surface area contributed by atoms with Gasteiger partial charge in [-0.15, -0.1) is 0 Å². The molecule has 0 saturated carbocycles. The second-order valence-electron chi connectivity index (χ2n) is 5.93. The Morgan fingerprint density at radius 1 is 1.15 bits per heavy atom. The number of hydrogen-bond donors (Lipinski definition) is 2. The van der Waals surface area contributed by atoms with Crippen LogP contribution in [0.2, 0.25) is 0 Å². The van der Waals surface area contributed by atoms with Crippen LogP contribution in [0.1, 0.15) is 27.6 Å². The largest absolute Gasteiger partial charge is 0.466 e. The fourth-order valence-corrected chi connectivity index (χ4v) is 2.75. The van der Waals surface area contributed by atoms with Gasteiger partial charge in [0, 0.05) is 12.4 Å². The highest BCUT2D eigenvalue weighted by Gasteiger charge is 2.16. The second-order valence-corrected chi connectivity index (χ2v) is 5.93. The minimum Gasteiger partial charge on any atom is -0.466 e. The Kier molecular flexibility index (Phi) is 4.57. The summed E-state index contributed by atoms with van der Waals surface area (Å²) in [4.78, 5) is 36.4. The zero-order valence-electron chi connectivity index (χ0n) is 14.6. The Morgan fingerprint density at radius 2 is 1.85 bits per heavy atom. The molecule has 1 aromatic carbocycles. The lowest BCUT2D eigenvalue weighted by atomic mass is 10.1. The molecule has 0 bridgehead atoms. The highest BCUT2D eigenvalue weighted by Crippen LogP contribution is 2.14. The highest BCUT2D eigenvalue weighted by molar-refractivity contribution is 5.96. The van der Waals surface area contributed by atoms with Crippen LogP contribution in [0.25, 0.3) is 10.8 Å². The van der Waals surface area contributed by atoms with E-state index >= 15 is 0 Å². The molecule has 0 aliphatic heterocycles. The summed E-state index contributed by atoms with van der Waals surface area (Å²) < 4.78 is 6.49. The Hall–Kier alpha value is -3.42. The second kappa shape index (κ2) is 6.83. The molecule has 8 heteroatoms. The van der Waals surface area contributed by atoms with Crippen LogP contribution in [-0.2, 0) is 18.3 Å². The predicted molar refractivity (Wildman–Crippen MR) is 94.5 cm³/mol. The van der Waals surface area contributed by atoms with Crippen LogP contribution < -0.4 is 16.4 Å². The third-order valence-electron chi connectivity index (χ3n) is 3.96. The summed E-state index contributed by atoms with van der Waals surface area (Å²) in [6.45, 7) is 3.41. The van der Waals surface area contributed by atoms with E-state index in [-0.39, 0.29) is 12.0 Å². The number of amides is 2. The molecule has 2 aromatic heterocycles. The van der Waals surface area contributed by atoms with E-state index in [4.69, 9.17) is 4.42 Å². The van der Waals surface area contributed by atoms with Crippen molar-refractivity contribution < 1.29 is 14.0 Å². The minimum atomic E-state index is -0.467. The van der Waals surface area contributed by atoms with Crippen molar-refractivity contribution in [3.05, 3.63) is 63.5 Å². The van der Waals surface area contributed by atoms with E-state index in [9.17, 15) is 14.4 Å². The van der Waals surface area contributed by atoms with E-state index in [1.165, 1.54) is 11.7 Å². The monoisotopic (exact) mass is 354 g/mol. The van der Waals surface area contributed by atoms with Crippen molar-refractivity contribution in [3.63, 3.8) is 0 Å². The number of fused-ring (bicyclic) bond motifs is 1. The standard InChI is InChI=1S/C18H18N4O4/c1-10-8-14(11(2)26-10)17(24)20-19-16(23)9-15-12-6-4-5-7-13(12)18(25)22(3)21-15/h4-8H,9H2,1-3H3,(H,19,23)(H,20,24). The summed E-state index contributed by atoms with van der Waals surface area (Å²) in [6, 6.07) is 8.55. The number of aryl methyl sites for hydroxylation is 3. The van der Waals surface area contributed by atoms with Crippen molar-refractivity contribution in [2.24, 2.45) is 7.05 Å². The number of nitrogens with one attached hydrogen (secondary N) is 2. The van der Waals surface area contributed by atoms with Crippen LogP contribution in [0.4, 0.5) is 0 Å². The van der Waals surface area contributed by atoms with E-state index in [0.29, 0.717) is 33.6 Å². The van der Waals surface area contributed by atoms with E-state index in [1.807, 2.05) is 0 Å². The first-order valence-corrected chi connectivity index (χ1v) is 7.98. The quantitative estimate of drug-likeness (QED) is 0.686. The molecule has 8 nitrogen and oxygen atoms in total. The third kappa shape index (κ3) is 3.34. The molecule has 0 aliphatic carbocycles. The van der Waals surface area contributed by atoms with E-state index < -0.39 is 11.8 Å². The molecule has 3 aromatic rings. The van der Waals surface area contributed by atoms with E-state index in [2.05, 4.69) is 16.0 Å². The van der Waals surface area contributed by atoms with Gasteiger partial charge in [0.1, 0.15) is 11.5 Å². The van der Waals surface area contributed by atoms with Crippen molar-refractivity contribution in [3.8, 4) is 0 Å². The first-order chi connectivity index (χ1) is 12.4. The zero-order chi connectivity index (χ0) is 18.8. The number of furan rings is 1. The van der Waals surface area contributed by atoms with Crippen LogP contribution >= 0.6 is 0 Å². The van der Waals surface area contributed by atoms with Gasteiger partial charge >= 0.3 is 0 Å². The van der Waals surface area contributed by atoms with Crippen molar-refractivity contribution in [2.45, 2.75) is 20.3 Å². The van der Waals surface area contributed by atoms with Gasteiger partial charge in [-0.05, 0) is 26.0 Å². The number of benzene rings is 1. The van der Waals surface area contributed by atoms with Gasteiger partial charge in [0.15, 0.2) is 0 Å². The SMILES string of the molecule is Cc1cc(C(=O)NNC(=O)Cc2nn(C)c(=O)c3ccccc23)c(C)o1. The summed E-state index contributed by atoms with van der Waals surface area (Å²) in [5.41, 5.74) is 5.28. The fraction of sp³-hybridized carbons (Fsp3) is 0.222. The van der Waals surface area contributed by atoms with Gasteiger partial charge in [0.2, 0.25) is 5.91 Å². The molecule has 2 N–H and O–H groups in total. The smallest absolute Gasteiger partial charge is 0.274 e. The van der Waals surface area contributed by atoms with Crippen molar-refractivity contribution in [1.82, 2.24) is 20.6 Å².